The number of imide groups is 1. The van der Waals surface area contributed by atoms with Gasteiger partial charge in [0.05, 0.1) is 33.7 Å². The van der Waals surface area contributed by atoms with Gasteiger partial charge in [0.2, 0.25) is 0 Å². The number of hydrogen-bond donors (Lipinski definition) is 0. The standard InChI is InChI=1S/C14H23N2O3.C2H6/c1-4-12(17)6-5-10-16(2,3)11-9-15-13(18)7-8-14(15)19;1-2/h7-8H,4-6,9-11H2,1-3H3;1-2H3/q+1;. The molecular weight excluding hydrogens is 268 g/mol. The molecule has 1 heterocycles. The van der Waals surface area contributed by atoms with E-state index in [1.807, 2.05) is 20.8 Å². The third kappa shape index (κ3) is 7.18. The molecule has 21 heavy (non-hydrogen) atoms. The first kappa shape index (κ1) is 19.5. The predicted octanol–water partition coefficient (Wildman–Crippen LogP) is 1.77. The second-order valence-corrected chi connectivity index (χ2v) is 5.54. The van der Waals surface area contributed by atoms with Gasteiger partial charge in [-0.25, -0.2) is 0 Å². The second kappa shape index (κ2) is 9.45. The van der Waals surface area contributed by atoms with Crippen LogP contribution in [0.25, 0.3) is 0 Å². The van der Waals surface area contributed by atoms with Crippen LogP contribution in [0.15, 0.2) is 12.2 Å². The quantitative estimate of drug-likeness (QED) is 0.507. The van der Waals surface area contributed by atoms with Gasteiger partial charge in [-0.15, -0.1) is 0 Å². The van der Waals surface area contributed by atoms with E-state index in [1.54, 1.807) is 0 Å². The van der Waals surface area contributed by atoms with Gasteiger partial charge in [-0.3, -0.25) is 19.3 Å². The van der Waals surface area contributed by atoms with E-state index in [0.717, 1.165) is 13.0 Å². The molecule has 0 aromatic rings. The molecule has 1 rings (SSSR count). The first-order valence-electron chi connectivity index (χ1n) is 7.73. The van der Waals surface area contributed by atoms with Crippen molar-refractivity contribution in [1.82, 2.24) is 4.90 Å². The monoisotopic (exact) mass is 297 g/mol. The molecule has 0 aromatic carbocycles. The highest BCUT2D eigenvalue weighted by molar-refractivity contribution is 6.12. The highest BCUT2D eigenvalue weighted by atomic mass is 16.2. The molecule has 0 bridgehead atoms. The minimum absolute atomic E-state index is 0.230. The SMILES string of the molecule is CC.CCC(=O)CCC[N+](C)(C)CCN1C(=O)C=CC1=O. The molecule has 0 fully saturated rings. The molecule has 0 unspecified atom stereocenters. The van der Waals surface area contributed by atoms with Crippen molar-refractivity contribution in [1.29, 1.82) is 0 Å². The average molecular weight is 297 g/mol. The third-order valence-corrected chi connectivity index (χ3v) is 3.44. The lowest BCUT2D eigenvalue weighted by Crippen LogP contribution is -2.47. The molecule has 0 saturated heterocycles. The summed E-state index contributed by atoms with van der Waals surface area (Å²) in [5, 5.41) is 0. The lowest BCUT2D eigenvalue weighted by molar-refractivity contribution is -0.889. The number of quaternary nitrogens is 1. The van der Waals surface area contributed by atoms with Crippen molar-refractivity contribution in [3.8, 4) is 0 Å². The van der Waals surface area contributed by atoms with E-state index < -0.39 is 0 Å². The maximum absolute atomic E-state index is 11.4. The Balaban J connectivity index is 0.00000191. The summed E-state index contributed by atoms with van der Waals surface area (Å²) in [5.41, 5.74) is 0. The van der Waals surface area contributed by atoms with Crippen molar-refractivity contribution >= 4 is 17.6 Å². The predicted molar refractivity (Wildman–Crippen MR) is 83.6 cm³/mol. The Kier molecular flexibility index (Phi) is 8.78. The van der Waals surface area contributed by atoms with Crippen LogP contribution in [0.4, 0.5) is 0 Å². The molecule has 0 radical (unpaired) electrons. The summed E-state index contributed by atoms with van der Waals surface area (Å²) in [5.74, 6) is -0.175. The Morgan fingerprint density at radius 2 is 1.62 bits per heavy atom. The minimum Gasteiger partial charge on any atom is -0.327 e. The van der Waals surface area contributed by atoms with Gasteiger partial charge in [0.25, 0.3) is 11.8 Å². The van der Waals surface area contributed by atoms with Crippen LogP contribution in [-0.4, -0.2) is 60.7 Å². The van der Waals surface area contributed by atoms with Crippen LogP contribution < -0.4 is 0 Å². The topological polar surface area (TPSA) is 54.5 Å². The fraction of sp³-hybridized carbons (Fsp3) is 0.688. The molecular formula is C16H29N2O3+. The van der Waals surface area contributed by atoms with E-state index in [0.29, 0.717) is 30.4 Å². The van der Waals surface area contributed by atoms with Gasteiger partial charge in [0.1, 0.15) is 5.78 Å². The zero-order chi connectivity index (χ0) is 16.5. The van der Waals surface area contributed by atoms with Gasteiger partial charge in [-0.05, 0) is 0 Å². The summed E-state index contributed by atoms with van der Waals surface area (Å²) in [6, 6.07) is 0. The van der Waals surface area contributed by atoms with Crippen LogP contribution in [0.3, 0.4) is 0 Å². The van der Waals surface area contributed by atoms with Gasteiger partial charge in [-0.2, -0.15) is 0 Å². The van der Waals surface area contributed by atoms with Gasteiger partial charge >= 0.3 is 0 Å². The van der Waals surface area contributed by atoms with Crippen molar-refractivity contribution < 1.29 is 18.9 Å². The van der Waals surface area contributed by atoms with Gasteiger partial charge < -0.3 is 4.48 Å². The number of carbonyl (C=O) groups is 3. The first-order chi connectivity index (χ1) is 9.85. The normalized spacial score (nSPS) is 14.2. The molecule has 0 spiro atoms. The first-order valence-corrected chi connectivity index (χ1v) is 7.73. The summed E-state index contributed by atoms with van der Waals surface area (Å²) in [6.07, 6.45) is 4.67. The molecule has 5 nitrogen and oxygen atoms in total. The molecule has 0 atom stereocenters. The number of nitrogens with zero attached hydrogens (tertiary/aromatic N) is 2. The van der Waals surface area contributed by atoms with E-state index >= 15 is 0 Å². The van der Waals surface area contributed by atoms with E-state index in [2.05, 4.69) is 14.1 Å². The zero-order valence-electron chi connectivity index (χ0n) is 14.0. The molecule has 0 N–H and O–H groups in total. The summed E-state index contributed by atoms with van der Waals surface area (Å²) in [7, 11) is 4.10. The van der Waals surface area contributed by atoms with Gasteiger partial charge in [0, 0.05) is 31.4 Å². The van der Waals surface area contributed by atoms with E-state index in [1.165, 1.54) is 17.1 Å². The Bertz CT molecular complexity index is 382. The Morgan fingerprint density at radius 1 is 1.10 bits per heavy atom. The van der Waals surface area contributed by atoms with Crippen LogP contribution in [-0.2, 0) is 14.4 Å². The number of Topliss-reactive ketones (excluding diaryl/α,β-unsaturated/α-hetero) is 1. The largest absolute Gasteiger partial charge is 0.327 e. The van der Waals surface area contributed by atoms with E-state index in [-0.39, 0.29) is 17.6 Å². The lowest BCUT2D eigenvalue weighted by Gasteiger charge is -2.31. The molecule has 1 aliphatic heterocycles. The fourth-order valence-electron chi connectivity index (χ4n) is 2.02. The molecule has 2 amide bonds. The maximum atomic E-state index is 11.4. The number of amides is 2. The molecule has 0 aromatic heterocycles. The van der Waals surface area contributed by atoms with Crippen molar-refractivity contribution in [3.05, 3.63) is 12.2 Å². The molecule has 5 heteroatoms. The average Bonchev–Trinajstić information content (AvgIpc) is 2.77. The number of hydrogen-bond acceptors (Lipinski definition) is 3. The number of ketones is 1. The number of likely N-dealkylation sites (N-methyl/N-ethyl adjacent to an activating group) is 1. The van der Waals surface area contributed by atoms with Crippen LogP contribution in [0.2, 0.25) is 0 Å². The summed E-state index contributed by atoms with van der Waals surface area (Å²) in [4.78, 5) is 35.3. The minimum atomic E-state index is -0.230. The molecule has 1 aliphatic rings. The molecule has 0 saturated carbocycles. The summed E-state index contributed by atoms with van der Waals surface area (Å²) >= 11 is 0. The number of carbonyl (C=O) groups excluding carboxylic acids is 3. The van der Waals surface area contributed by atoms with Crippen LogP contribution in [0.5, 0.6) is 0 Å². The summed E-state index contributed by atoms with van der Waals surface area (Å²) in [6.45, 7) is 7.88. The number of rotatable bonds is 8. The van der Waals surface area contributed by atoms with Crippen molar-refractivity contribution in [2.75, 3.05) is 33.7 Å². The van der Waals surface area contributed by atoms with Crippen LogP contribution >= 0.6 is 0 Å². The summed E-state index contributed by atoms with van der Waals surface area (Å²) < 4.78 is 0.702. The molecule has 120 valence electrons. The Labute approximate surface area is 128 Å². The second-order valence-electron chi connectivity index (χ2n) is 5.54. The molecule has 0 aliphatic carbocycles. The van der Waals surface area contributed by atoms with E-state index in [4.69, 9.17) is 0 Å². The lowest BCUT2D eigenvalue weighted by atomic mass is 10.1. The maximum Gasteiger partial charge on any atom is 0.253 e. The van der Waals surface area contributed by atoms with E-state index in [9.17, 15) is 14.4 Å². The third-order valence-electron chi connectivity index (χ3n) is 3.44. The van der Waals surface area contributed by atoms with Gasteiger partial charge in [-0.1, -0.05) is 20.8 Å². The fourth-order valence-corrected chi connectivity index (χ4v) is 2.02. The zero-order valence-corrected chi connectivity index (χ0v) is 14.0. The Morgan fingerprint density at radius 3 is 2.10 bits per heavy atom. The van der Waals surface area contributed by atoms with Crippen LogP contribution in [0, 0.1) is 0 Å². The van der Waals surface area contributed by atoms with Crippen molar-refractivity contribution in [3.63, 3.8) is 0 Å². The van der Waals surface area contributed by atoms with Crippen molar-refractivity contribution in [2.24, 2.45) is 0 Å². The van der Waals surface area contributed by atoms with Gasteiger partial charge in [0.15, 0.2) is 0 Å². The highest BCUT2D eigenvalue weighted by Gasteiger charge is 2.26. The Hall–Kier alpha value is -1.49. The van der Waals surface area contributed by atoms with Crippen LogP contribution in [0.1, 0.15) is 40.0 Å². The van der Waals surface area contributed by atoms with Crippen molar-refractivity contribution in [2.45, 2.75) is 40.0 Å². The highest BCUT2D eigenvalue weighted by Crippen LogP contribution is 2.07. The smallest absolute Gasteiger partial charge is 0.253 e.